The zero-order valence-corrected chi connectivity index (χ0v) is 20.8. The number of ether oxygens (including phenoxy) is 1. The van der Waals surface area contributed by atoms with Gasteiger partial charge in [0, 0.05) is 0 Å². The summed E-state index contributed by atoms with van der Waals surface area (Å²) in [6, 6.07) is 15.9. The van der Waals surface area contributed by atoms with Crippen molar-refractivity contribution >= 4 is 24.8 Å². The van der Waals surface area contributed by atoms with Crippen LogP contribution in [0.15, 0.2) is 48.5 Å². The van der Waals surface area contributed by atoms with Crippen LogP contribution in [0.4, 0.5) is 5.69 Å². The molecular formula is C27H38NO3P. The van der Waals surface area contributed by atoms with Gasteiger partial charge in [0.05, 0.1) is 0 Å². The number of carbonyl (C=O) groups excluding carboxylic acids is 2. The van der Waals surface area contributed by atoms with Crippen molar-refractivity contribution in [2.24, 2.45) is 0 Å². The van der Waals surface area contributed by atoms with E-state index < -0.39 is 7.26 Å². The summed E-state index contributed by atoms with van der Waals surface area (Å²) in [5.41, 5.74) is 3.99. The number of aryl methyl sites for hydroxylation is 2. The first-order chi connectivity index (χ1) is 15.4. The number of benzene rings is 2. The number of rotatable bonds is 8. The molecular weight excluding hydrogens is 417 g/mol. The molecule has 1 atom stereocenters. The predicted octanol–water partition coefficient (Wildman–Crippen LogP) is 6.09. The Hall–Kier alpha value is -2.19. The van der Waals surface area contributed by atoms with Gasteiger partial charge in [-0.25, -0.2) is 0 Å². The monoisotopic (exact) mass is 455 g/mol. The Bertz CT molecular complexity index is 884. The number of nitrogens with one attached hydrogen (secondary N) is 1. The Labute approximate surface area is 193 Å². The predicted molar refractivity (Wildman–Crippen MR) is 136 cm³/mol. The minimum atomic E-state index is -2.20. The van der Waals surface area contributed by atoms with Crippen molar-refractivity contribution < 1.29 is 14.3 Å². The van der Waals surface area contributed by atoms with Crippen LogP contribution in [0.25, 0.3) is 0 Å². The molecule has 174 valence electrons. The van der Waals surface area contributed by atoms with Crippen LogP contribution in [0, 0.1) is 13.8 Å². The molecule has 0 aliphatic carbocycles. The third-order valence-electron chi connectivity index (χ3n) is 7.03. The quantitative estimate of drug-likeness (QED) is 0.387. The van der Waals surface area contributed by atoms with Crippen LogP contribution < -0.4 is 5.32 Å². The van der Waals surface area contributed by atoms with Crippen LogP contribution in [0.2, 0.25) is 0 Å². The number of hydrogen-bond acceptors (Lipinski definition) is 3. The Morgan fingerprint density at radius 1 is 0.938 bits per heavy atom. The molecule has 0 saturated carbocycles. The average molecular weight is 456 g/mol. The molecule has 1 heterocycles. The van der Waals surface area contributed by atoms with E-state index in [4.69, 9.17) is 4.74 Å². The summed E-state index contributed by atoms with van der Waals surface area (Å²) >= 11 is 0. The van der Waals surface area contributed by atoms with Gasteiger partial charge in [-0.15, -0.1) is 0 Å². The Morgan fingerprint density at radius 3 is 2.16 bits per heavy atom. The number of amides is 1. The van der Waals surface area contributed by atoms with Gasteiger partial charge in [0.25, 0.3) is 0 Å². The zero-order chi connectivity index (χ0) is 23.0. The average Bonchev–Trinajstić information content (AvgIpc) is 3.02. The van der Waals surface area contributed by atoms with Crippen molar-refractivity contribution in [1.82, 2.24) is 0 Å². The summed E-state index contributed by atoms with van der Waals surface area (Å²) in [6.45, 7) is 6.46. The van der Waals surface area contributed by atoms with E-state index in [0.29, 0.717) is 12.8 Å². The topological polar surface area (TPSA) is 55.4 Å². The summed E-state index contributed by atoms with van der Waals surface area (Å²) in [6.07, 6.45) is 7.91. The van der Waals surface area contributed by atoms with E-state index in [0.717, 1.165) is 54.0 Å². The minimum absolute atomic E-state index is 0.0797. The van der Waals surface area contributed by atoms with E-state index in [1.807, 2.05) is 62.4 Å². The van der Waals surface area contributed by atoms with Gasteiger partial charge in [0.1, 0.15) is 0 Å². The number of hydrogen-bond donors (Lipinski definition) is 1. The summed E-state index contributed by atoms with van der Waals surface area (Å²) in [5.74, 6) is -0.0462. The van der Waals surface area contributed by atoms with Crippen LogP contribution in [-0.4, -0.2) is 36.0 Å². The molecule has 32 heavy (non-hydrogen) atoms. The second kappa shape index (κ2) is 11.6. The molecule has 1 saturated heterocycles. The first kappa shape index (κ1) is 24.5. The van der Waals surface area contributed by atoms with Gasteiger partial charge < -0.3 is 0 Å². The number of carbonyl (C=O) groups is 2. The Kier molecular flexibility index (Phi) is 8.87. The fraction of sp³-hybridized carbons (Fsp3) is 0.481. The molecule has 5 heteroatoms. The molecule has 0 spiro atoms. The van der Waals surface area contributed by atoms with Gasteiger partial charge in [-0.2, -0.15) is 0 Å². The first-order valence-corrected chi connectivity index (χ1v) is 14.7. The van der Waals surface area contributed by atoms with Crippen LogP contribution >= 0.6 is 7.26 Å². The number of para-hydroxylation sites is 1. The maximum absolute atomic E-state index is 13.6. The fourth-order valence-corrected chi connectivity index (χ4v) is 10.9. The van der Waals surface area contributed by atoms with Gasteiger partial charge in [-0.1, -0.05) is 0 Å². The Morgan fingerprint density at radius 2 is 1.56 bits per heavy atom. The van der Waals surface area contributed by atoms with Crippen LogP contribution in [-0.2, 0) is 20.9 Å². The molecule has 2 aromatic rings. The molecule has 0 bridgehead atoms. The maximum atomic E-state index is 13.6. The normalized spacial score (nSPS) is 17.6. The molecule has 1 fully saturated rings. The summed E-state index contributed by atoms with van der Waals surface area (Å²) < 4.78 is 5.69. The van der Waals surface area contributed by atoms with Gasteiger partial charge in [0.15, 0.2) is 0 Å². The van der Waals surface area contributed by atoms with Crippen molar-refractivity contribution in [3.8, 4) is 0 Å². The summed E-state index contributed by atoms with van der Waals surface area (Å²) in [4.78, 5) is 26.6. The van der Waals surface area contributed by atoms with Crippen LogP contribution in [0.5, 0.6) is 0 Å². The SMILES string of the molecule is CCC(C(=O)Nc1c(C)cccc1C)[PH]1(CC(=O)OCc2ccccc2)CCCCCC1. The molecule has 2 aromatic carbocycles. The van der Waals surface area contributed by atoms with E-state index >= 15 is 0 Å². The molecule has 3 rings (SSSR count). The van der Waals surface area contributed by atoms with E-state index in [9.17, 15) is 9.59 Å². The molecule has 4 nitrogen and oxygen atoms in total. The first-order valence-electron chi connectivity index (χ1n) is 12.0. The molecule has 1 N–H and O–H groups in total. The standard InChI is InChI=1S/C27H38NO3P/c1-4-24(27(30)28-26-21(2)13-12-14-22(26)3)32(17-10-5-6-11-18-32)20-25(29)31-19-23-15-8-7-9-16-23/h7-9,12-16,24,32H,4-6,10-11,17-20H2,1-3H3,(H,28,30). The van der Waals surface area contributed by atoms with Gasteiger partial charge >= 0.3 is 193 Å². The molecule has 1 aliphatic rings. The molecule has 1 aliphatic heterocycles. The van der Waals surface area contributed by atoms with Gasteiger partial charge in [0.2, 0.25) is 0 Å². The van der Waals surface area contributed by atoms with Crippen molar-refractivity contribution in [2.45, 2.75) is 65.1 Å². The fourth-order valence-electron chi connectivity index (χ4n) is 5.28. The van der Waals surface area contributed by atoms with Crippen molar-refractivity contribution in [3.63, 3.8) is 0 Å². The summed E-state index contributed by atoms with van der Waals surface area (Å²) in [7, 11) is -2.20. The van der Waals surface area contributed by atoms with Crippen molar-refractivity contribution in [3.05, 3.63) is 65.2 Å². The Balaban J connectivity index is 1.78. The van der Waals surface area contributed by atoms with Crippen LogP contribution in [0.3, 0.4) is 0 Å². The number of esters is 1. The van der Waals surface area contributed by atoms with Gasteiger partial charge in [-0.05, 0) is 0 Å². The van der Waals surface area contributed by atoms with Crippen LogP contribution in [0.1, 0.15) is 55.7 Å². The molecule has 0 radical (unpaired) electrons. The zero-order valence-electron chi connectivity index (χ0n) is 19.8. The van der Waals surface area contributed by atoms with Gasteiger partial charge in [-0.3, -0.25) is 0 Å². The second-order valence-electron chi connectivity index (χ2n) is 9.32. The van der Waals surface area contributed by atoms with Crippen molar-refractivity contribution in [1.29, 1.82) is 0 Å². The third kappa shape index (κ3) is 6.19. The molecule has 0 aromatic heterocycles. The van der Waals surface area contributed by atoms with E-state index in [-0.39, 0.29) is 17.5 Å². The molecule has 1 amide bonds. The summed E-state index contributed by atoms with van der Waals surface area (Å²) in [5, 5.41) is 3.25. The van der Waals surface area contributed by atoms with E-state index in [2.05, 4.69) is 12.2 Å². The number of anilines is 1. The van der Waals surface area contributed by atoms with E-state index in [1.165, 1.54) is 12.8 Å². The molecule has 1 unspecified atom stereocenters. The second-order valence-corrected chi connectivity index (χ2v) is 14.1. The third-order valence-corrected chi connectivity index (χ3v) is 12.9. The van der Waals surface area contributed by atoms with Crippen molar-refractivity contribution in [2.75, 3.05) is 23.8 Å². The van der Waals surface area contributed by atoms with E-state index in [1.54, 1.807) is 0 Å².